The van der Waals surface area contributed by atoms with Crippen molar-refractivity contribution < 1.29 is 0 Å². The number of hydrogen-bond acceptors (Lipinski definition) is 0. The van der Waals surface area contributed by atoms with E-state index in [1.54, 1.807) is 0 Å². The SMILES string of the molecule is C[C@@H]1CC[C@@]2(C)C(=CCC3C4C=CC(n5ccc6ccccc65)[C@@]4(C)CCC32)C1. The molecule has 0 N–H and O–H groups in total. The first-order chi connectivity index (χ1) is 14.0. The maximum absolute atomic E-state index is 2.69. The summed E-state index contributed by atoms with van der Waals surface area (Å²) >= 11 is 0. The molecule has 1 heterocycles. The number of hydrogen-bond donors (Lipinski definition) is 0. The van der Waals surface area contributed by atoms with Crippen molar-refractivity contribution in [3.8, 4) is 0 Å². The minimum atomic E-state index is 0.354. The Morgan fingerprint density at radius 1 is 1.00 bits per heavy atom. The van der Waals surface area contributed by atoms with Crippen LogP contribution in [0.4, 0.5) is 0 Å². The second-order valence-corrected chi connectivity index (χ2v) is 11.2. The average Bonchev–Trinajstić information content (AvgIpc) is 3.29. The zero-order valence-corrected chi connectivity index (χ0v) is 18.3. The molecule has 4 aliphatic rings. The van der Waals surface area contributed by atoms with E-state index in [4.69, 9.17) is 0 Å². The molecule has 6 rings (SSSR count). The summed E-state index contributed by atoms with van der Waals surface area (Å²) in [6, 6.07) is 11.7. The van der Waals surface area contributed by atoms with Gasteiger partial charge in [0.15, 0.2) is 0 Å². The van der Waals surface area contributed by atoms with Gasteiger partial charge >= 0.3 is 0 Å². The van der Waals surface area contributed by atoms with E-state index in [-0.39, 0.29) is 0 Å². The fourth-order valence-electron chi connectivity index (χ4n) is 8.03. The number of para-hydroxylation sites is 1. The quantitative estimate of drug-likeness (QED) is 0.446. The maximum atomic E-state index is 2.69. The molecule has 0 saturated heterocycles. The van der Waals surface area contributed by atoms with Gasteiger partial charge in [0.25, 0.3) is 0 Å². The number of aromatic nitrogens is 1. The van der Waals surface area contributed by atoms with Gasteiger partial charge in [0, 0.05) is 11.7 Å². The monoisotopic (exact) mass is 385 g/mol. The maximum Gasteiger partial charge on any atom is 0.0576 e. The fourth-order valence-corrected chi connectivity index (χ4v) is 8.03. The van der Waals surface area contributed by atoms with Gasteiger partial charge in [-0.2, -0.15) is 0 Å². The second kappa shape index (κ2) is 6.13. The molecule has 2 saturated carbocycles. The van der Waals surface area contributed by atoms with Crippen LogP contribution in [0, 0.1) is 34.5 Å². The summed E-state index contributed by atoms with van der Waals surface area (Å²) in [5.74, 6) is 3.33. The molecule has 152 valence electrons. The van der Waals surface area contributed by atoms with Crippen LogP contribution in [0.2, 0.25) is 0 Å². The highest BCUT2D eigenvalue weighted by Crippen LogP contribution is 2.65. The summed E-state index contributed by atoms with van der Waals surface area (Å²) in [6.07, 6.45) is 18.5. The fraction of sp³-hybridized carbons (Fsp3) is 0.571. The topological polar surface area (TPSA) is 4.93 Å². The molecule has 0 aliphatic heterocycles. The Balaban J connectivity index is 1.36. The van der Waals surface area contributed by atoms with Crippen molar-refractivity contribution in [1.82, 2.24) is 4.57 Å². The lowest BCUT2D eigenvalue weighted by Gasteiger charge is -2.58. The van der Waals surface area contributed by atoms with E-state index in [0.29, 0.717) is 16.9 Å². The van der Waals surface area contributed by atoms with Gasteiger partial charge in [0.05, 0.1) is 6.04 Å². The smallest absolute Gasteiger partial charge is 0.0576 e. The minimum absolute atomic E-state index is 0.354. The second-order valence-electron chi connectivity index (χ2n) is 11.2. The van der Waals surface area contributed by atoms with E-state index in [9.17, 15) is 0 Å². The summed E-state index contributed by atoms with van der Waals surface area (Å²) < 4.78 is 2.57. The first-order valence-corrected chi connectivity index (χ1v) is 11.9. The summed E-state index contributed by atoms with van der Waals surface area (Å²) in [4.78, 5) is 0. The van der Waals surface area contributed by atoms with E-state index < -0.39 is 0 Å². The van der Waals surface area contributed by atoms with Crippen LogP contribution in [0.3, 0.4) is 0 Å². The normalized spacial score (nSPS) is 43.6. The third-order valence-electron chi connectivity index (χ3n) is 9.75. The Hall–Kier alpha value is -1.76. The molecule has 2 aromatic rings. The first kappa shape index (κ1) is 18.0. The van der Waals surface area contributed by atoms with Crippen molar-refractivity contribution in [3.05, 3.63) is 60.3 Å². The molecule has 4 aliphatic carbocycles. The lowest BCUT2D eigenvalue weighted by Crippen LogP contribution is -2.50. The van der Waals surface area contributed by atoms with Gasteiger partial charge < -0.3 is 4.57 Å². The van der Waals surface area contributed by atoms with Crippen molar-refractivity contribution in [2.75, 3.05) is 0 Å². The van der Waals surface area contributed by atoms with Crippen molar-refractivity contribution >= 4 is 10.9 Å². The Bertz CT molecular complexity index is 1010. The van der Waals surface area contributed by atoms with Crippen LogP contribution in [0.25, 0.3) is 10.9 Å². The third kappa shape index (κ3) is 2.39. The molecule has 7 atom stereocenters. The molecule has 0 amide bonds. The predicted octanol–water partition coefficient (Wildman–Crippen LogP) is 7.56. The molecular weight excluding hydrogens is 350 g/mol. The van der Waals surface area contributed by atoms with E-state index in [1.807, 2.05) is 5.57 Å². The molecule has 2 fully saturated rings. The molecule has 1 aromatic heterocycles. The van der Waals surface area contributed by atoms with E-state index in [1.165, 1.54) is 49.4 Å². The lowest BCUT2D eigenvalue weighted by molar-refractivity contribution is -0.0304. The van der Waals surface area contributed by atoms with E-state index in [0.717, 1.165) is 23.7 Å². The third-order valence-corrected chi connectivity index (χ3v) is 9.75. The first-order valence-electron chi connectivity index (χ1n) is 11.9. The predicted molar refractivity (Wildman–Crippen MR) is 122 cm³/mol. The van der Waals surface area contributed by atoms with Crippen LogP contribution in [0.1, 0.15) is 65.3 Å². The van der Waals surface area contributed by atoms with Crippen LogP contribution in [-0.2, 0) is 0 Å². The van der Waals surface area contributed by atoms with Crippen molar-refractivity contribution in [2.24, 2.45) is 34.5 Å². The molecule has 0 spiro atoms. The molecule has 4 unspecified atom stereocenters. The Labute approximate surface area is 175 Å². The highest BCUT2D eigenvalue weighted by atomic mass is 15.0. The van der Waals surface area contributed by atoms with Crippen LogP contribution < -0.4 is 0 Å². The van der Waals surface area contributed by atoms with Crippen LogP contribution >= 0.6 is 0 Å². The molecular formula is C28H35N. The summed E-state index contributed by atoms with van der Waals surface area (Å²) in [7, 11) is 0. The van der Waals surface area contributed by atoms with Gasteiger partial charge in [0.2, 0.25) is 0 Å². The Kier molecular flexibility index (Phi) is 3.81. The lowest BCUT2D eigenvalue weighted by atomic mass is 9.47. The van der Waals surface area contributed by atoms with Gasteiger partial charge in [0.1, 0.15) is 0 Å². The highest BCUT2D eigenvalue weighted by Gasteiger charge is 2.57. The van der Waals surface area contributed by atoms with E-state index >= 15 is 0 Å². The van der Waals surface area contributed by atoms with Gasteiger partial charge in [-0.1, -0.05) is 62.8 Å². The van der Waals surface area contributed by atoms with Crippen molar-refractivity contribution in [1.29, 1.82) is 0 Å². The van der Waals surface area contributed by atoms with Crippen LogP contribution in [-0.4, -0.2) is 4.57 Å². The van der Waals surface area contributed by atoms with Gasteiger partial charge in [-0.05, 0) is 90.5 Å². The zero-order chi connectivity index (χ0) is 19.8. The van der Waals surface area contributed by atoms with E-state index in [2.05, 4.69) is 80.1 Å². The molecule has 1 aromatic carbocycles. The zero-order valence-electron chi connectivity index (χ0n) is 18.3. The molecule has 1 heteroatoms. The highest BCUT2D eigenvalue weighted by molar-refractivity contribution is 5.80. The van der Waals surface area contributed by atoms with Gasteiger partial charge in [-0.15, -0.1) is 0 Å². The molecule has 0 bridgehead atoms. The standard InChI is InChI=1S/C28H35N/c1-19-12-15-27(2)21(18-19)8-9-22-23-10-11-26(28(23,3)16-13-24(22)27)29-17-14-20-6-4-5-7-25(20)29/h4-8,10-11,14,17,19,22-24,26H,9,12-13,15-16,18H2,1-3H3/t19-,22?,23?,24?,26?,27+,28+/m1/s1. The number of benzene rings is 1. The van der Waals surface area contributed by atoms with Gasteiger partial charge in [-0.25, -0.2) is 0 Å². The number of fused-ring (bicyclic) bond motifs is 6. The number of rotatable bonds is 1. The largest absolute Gasteiger partial charge is 0.340 e. The molecule has 0 radical (unpaired) electrons. The summed E-state index contributed by atoms with van der Waals surface area (Å²) in [5.41, 5.74) is 4.04. The summed E-state index contributed by atoms with van der Waals surface area (Å²) in [5, 5.41) is 1.37. The number of allylic oxidation sites excluding steroid dienone is 4. The van der Waals surface area contributed by atoms with Crippen molar-refractivity contribution in [3.63, 3.8) is 0 Å². The van der Waals surface area contributed by atoms with Crippen LogP contribution in [0.5, 0.6) is 0 Å². The number of nitrogens with zero attached hydrogens (tertiary/aromatic N) is 1. The van der Waals surface area contributed by atoms with Crippen LogP contribution in [0.15, 0.2) is 60.3 Å². The molecule has 29 heavy (non-hydrogen) atoms. The minimum Gasteiger partial charge on any atom is -0.340 e. The Morgan fingerprint density at radius 3 is 2.76 bits per heavy atom. The van der Waals surface area contributed by atoms with Gasteiger partial charge in [-0.3, -0.25) is 0 Å². The molecule has 1 nitrogen and oxygen atoms in total. The van der Waals surface area contributed by atoms with Crippen molar-refractivity contribution in [2.45, 2.75) is 65.3 Å². The Morgan fingerprint density at radius 2 is 1.86 bits per heavy atom. The summed E-state index contributed by atoms with van der Waals surface area (Å²) in [6.45, 7) is 7.67. The average molecular weight is 386 g/mol.